The Morgan fingerprint density at radius 3 is 2.45 bits per heavy atom. The predicted molar refractivity (Wildman–Crippen MR) is 134 cm³/mol. The Morgan fingerprint density at radius 1 is 0.970 bits per heavy atom. The van der Waals surface area contributed by atoms with Gasteiger partial charge in [0.1, 0.15) is 0 Å². The van der Waals surface area contributed by atoms with Gasteiger partial charge in [-0.1, -0.05) is 30.7 Å². The van der Waals surface area contributed by atoms with Gasteiger partial charge in [-0.25, -0.2) is 9.97 Å². The van der Waals surface area contributed by atoms with Crippen molar-refractivity contribution in [3.05, 3.63) is 72.0 Å². The number of likely N-dealkylation sites (N-methyl/N-ethyl adjacent to an activating group) is 1. The third-order valence-electron chi connectivity index (χ3n) is 6.01. The number of benzene rings is 2. The highest BCUT2D eigenvalue weighted by Crippen LogP contribution is 2.30. The number of nitrogens with zero attached hydrogens (tertiary/aromatic N) is 5. The third kappa shape index (κ3) is 4.84. The van der Waals surface area contributed by atoms with Crippen molar-refractivity contribution in [1.29, 1.82) is 0 Å². The number of nitrogens with one attached hydrogen (secondary N) is 2. The lowest BCUT2D eigenvalue weighted by Crippen LogP contribution is -2.46. The minimum atomic E-state index is 0.542. The van der Waals surface area contributed by atoms with Gasteiger partial charge in [0.2, 0.25) is 5.95 Å². The summed E-state index contributed by atoms with van der Waals surface area (Å²) in [4.78, 5) is 14.0. The second kappa shape index (κ2) is 9.60. The molecule has 0 aliphatic carbocycles. The van der Waals surface area contributed by atoms with Gasteiger partial charge in [0.05, 0.1) is 17.6 Å². The maximum Gasteiger partial charge on any atom is 0.227 e. The Labute approximate surface area is 198 Å². The number of rotatable bonds is 6. The minimum absolute atomic E-state index is 0.542. The number of hydrogen-bond acceptors (Lipinski definition) is 6. The summed E-state index contributed by atoms with van der Waals surface area (Å²) in [6, 6.07) is 18.0. The Hall–Kier alpha value is -3.42. The third-order valence-corrected chi connectivity index (χ3v) is 6.26. The van der Waals surface area contributed by atoms with E-state index in [1.165, 1.54) is 5.69 Å². The summed E-state index contributed by atoms with van der Waals surface area (Å²) in [7, 11) is 0. The van der Waals surface area contributed by atoms with Crippen LogP contribution in [0.25, 0.3) is 22.5 Å². The molecule has 0 amide bonds. The number of anilines is 3. The number of halogens is 1. The highest BCUT2D eigenvalue weighted by atomic mass is 35.5. The van der Waals surface area contributed by atoms with Crippen LogP contribution in [0.2, 0.25) is 5.02 Å². The first-order chi connectivity index (χ1) is 16.2. The van der Waals surface area contributed by atoms with Crippen molar-refractivity contribution >= 4 is 28.9 Å². The van der Waals surface area contributed by atoms with Gasteiger partial charge < -0.3 is 15.1 Å². The van der Waals surface area contributed by atoms with E-state index in [9.17, 15) is 0 Å². The molecule has 2 aromatic heterocycles. The molecule has 1 aliphatic heterocycles. The van der Waals surface area contributed by atoms with Crippen molar-refractivity contribution in [2.45, 2.75) is 6.92 Å². The van der Waals surface area contributed by atoms with E-state index in [1.54, 1.807) is 12.4 Å². The molecule has 0 bridgehead atoms. The maximum absolute atomic E-state index is 6.03. The van der Waals surface area contributed by atoms with Crippen molar-refractivity contribution in [3.8, 4) is 22.5 Å². The topological polar surface area (TPSA) is 73.0 Å². The van der Waals surface area contributed by atoms with Crippen LogP contribution in [0.5, 0.6) is 0 Å². The van der Waals surface area contributed by atoms with Crippen LogP contribution in [-0.2, 0) is 0 Å². The zero-order chi connectivity index (χ0) is 22.6. The molecule has 0 spiro atoms. The van der Waals surface area contributed by atoms with E-state index in [0.717, 1.165) is 60.9 Å². The van der Waals surface area contributed by atoms with Gasteiger partial charge in [0.15, 0.2) is 0 Å². The highest BCUT2D eigenvalue weighted by molar-refractivity contribution is 6.30. The van der Waals surface area contributed by atoms with E-state index < -0.39 is 0 Å². The zero-order valence-electron chi connectivity index (χ0n) is 18.5. The van der Waals surface area contributed by atoms with Crippen LogP contribution >= 0.6 is 11.6 Å². The fraction of sp³-hybridized carbons (Fsp3) is 0.240. The van der Waals surface area contributed by atoms with Crippen LogP contribution in [0.3, 0.4) is 0 Å². The van der Waals surface area contributed by atoms with Crippen molar-refractivity contribution in [1.82, 2.24) is 25.1 Å². The second-order valence-electron chi connectivity index (χ2n) is 8.02. The van der Waals surface area contributed by atoms with Crippen molar-refractivity contribution in [3.63, 3.8) is 0 Å². The molecule has 0 atom stereocenters. The number of hydrogen-bond donors (Lipinski definition) is 2. The molecule has 0 unspecified atom stereocenters. The van der Waals surface area contributed by atoms with Gasteiger partial charge in [0.25, 0.3) is 0 Å². The van der Waals surface area contributed by atoms with E-state index in [2.05, 4.69) is 61.5 Å². The maximum atomic E-state index is 6.03. The van der Waals surface area contributed by atoms with Gasteiger partial charge in [-0.2, -0.15) is 5.10 Å². The molecule has 0 radical (unpaired) electrons. The molecule has 2 aromatic carbocycles. The van der Waals surface area contributed by atoms with E-state index >= 15 is 0 Å². The van der Waals surface area contributed by atoms with E-state index in [0.29, 0.717) is 11.0 Å². The zero-order valence-corrected chi connectivity index (χ0v) is 19.3. The van der Waals surface area contributed by atoms with Gasteiger partial charge in [0, 0.05) is 59.9 Å². The summed E-state index contributed by atoms with van der Waals surface area (Å²) < 4.78 is 0. The van der Waals surface area contributed by atoms with Crippen molar-refractivity contribution < 1.29 is 0 Å². The molecular weight excluding hydrogens is 434 g/mol. The average molecular weight is 460 g/mol. The summed E-state index contributed by atoms with van der Waals surface area (Å²) >= 11 is 6.03. The molecule has 7 nitrogen and oxygen atoms in total. The van der Waals surface area contributed by atoms with Crippen LogP contribution in [0.1, 0.15) is 6.92 Å². The fourth-order valence-corrected chi connectivity index (χ4v) is 4.22. The molecule has 2 N–H and O–H groups in total. The molecule has 3 heterocycles. The molecular formula is C25H26ClN7. The average Bonchev–Trinajstić information content (AvgIpc) is 3.35. The number of aromatic amines is 1. The number of H-pyrrole nitrogens is 1. The number of aromatic nitrogens is 4. The lowest BCUT2D eigenvalue weighted by molar-refractivity contribution is 0.271. The first kappa shape index (κ1) is 21.4. The summed E-state index contributed by atoms with van der Waals surface area (Å²) in [6.07, 6.45) is 3.54. The first-order valence-electron chi connectivity index (χ1n) is 11.2. The molecule has 1 fully saturated rings. The van der Waals surface area contributed by atoms with Crippen LogP contribution in [-0.4, -0.2) is 57.8 Å². The summed E-state index contributed by atoms with van der Waals surface area (Å²) in [6.45, 7) is 7.69. The van der Waals surface area contributed by atoms with Gasteiger partial charge >= 0.3 is 0 Å². The van der Waals surface area contributed by atoms with Gasteiger partial charge in [-0.05, 0) is 49.0 Å². The predicted octanol–water partition coefficient (Wildman–Crippen LogP) is 5.07. The molecule has 33 heavy (non-hydrogen) atoms. The van der Waals surface area contributed by atoms with Crippen LogP contribution in [0, 0.1) is 0 Å². The standard InChI is InChI=1S/C25H26ClN7/c1-2-32-13-15-33(16-14-32)21-9-7-20(8-10-21)29-25-27-12-11-23(30-25)22-17-28-31-24(22)18-3-5-19(26)6-4-18/h3-12,17H,2,13-16H2,1H3,(H,28,31)(H,27,29,30). The van der Waals surface area contributed by atoms with Crippen LogP contribution in [0.15, 0.2) is 67.0 Å². The van der Waals surface area contributed by atoms with Crippen LogP contribution in [0.4, 0.5) is 17.3 Å². The molecule has 0 saturated carbocycles. The monoisotopic (exact) mass is 459 g/mol. The molecule has 1 saturated heterocycles. The largest absolute Gasteiger partial charge is 0.369 e. The molecule has 168 valence electrons. The normalized spacial score (nSPS) is 14.4. The smallest absolute Gasteiger partial charge is 0.227 e. The first-order valence-corrected chi connectivity index (χ1v) is 11.5. The second-order valence-corrected chi connectivity index (χ2v) is 8.46. The summed E-state index contributed by atoms with van der Waals surface area (Å²) in [5.74, 6) is 0.542. The summed E-state index contributed by atoms with van der Waals surface area (Å²) in [5.41, 5.74) is 5.78. The van der Waals surface area contributed by atoms with Crippen molar-refractivity contribution in [2.75, 3.05) is 42.9 Å². The van der Waals surface area contributed by atoms with Crippen molar-refractivity contribution in [2.24, 2.45) is 0 Å². The Morgan fingerprint density at radius 2 is 1.73 bits per heavy atom. The Balaban J connectivity index is 1.31. The molecule has 1 aliphatic rings. The molecule has 5 rings (SSSR count). The Kier molecular flexibility index (Phi) is 6.24. The van der Waals surface area contributed by atoms with Gasteiger partial charge in [-0.3, -0.25) is 5.10 Å². The van der Waals surface area contributed by atoms with Gasteiger partial charge in [-0.15, -0.1) is 0 Å². The van der Waals surface area contributed by atoms with E-state index in [1.807, 2.05) is 30.3 Å². The lowest BCUT2D eigenvalue weighted by Gasteiger charge is -2.35. The molecule has 4 aromatic rings. The van der Waals surface area contributed by atoms with E-state index in [4.69, 9.17) is 16.6 Å². The number of piperazine rings is 1. The minimum Gasteiger partial charge on any atom is -0.369 e. The lowest BCUT2D eigenvalue weighted by atomic mass is 10.1. The SMILES string of the molecule is CCN1CCN(c2ccc(Nc3nccc(-c4cn[nH]c4-c4ccc(Cl)cc4)n3)cc2)CC1. The summed E-state index contributed by atoms with van der Waals surface area (Å²) in [5, 5.41) is 11.3. The van der Waals surface area contributed by atoms with Crippen LogP contribution < -0.4 is 10.2 Å². The quantitative estimate of drug-likeness (QED) is 0.419. The molecule has 8 heteroatoms. The Bertz CT molecular complexity index is 1200. The van der Waals surface area contributed by atoms with E-state index in [-0.39, 0.29) is 0 Å². The highest BCUT2D eigenvalue weighted by Gasteiger charge is 2.16. The fourth-order valence-electron chi connectivity index (χ4n) is 4.09.